The maximum atomic E-state index is 12.2. The van der Waals surface area contributed by atoms with Gasteiger partial charge in [0.2, 0.25) is 5.82 Å². The van der Waals surface area contributed by atoms with Crippen molar-refractivity contribution in [2.24, 2.45) is 0 Å². The predicted molar refractivity (Wildman–Crippen MR) is 29.7 cm³/mol. The number of phenols is 2. The molecule has 0 aliphatic heterocycles. The predicted octanol–water partition coefficient (Wildman–Crippen LogP) is 1.38. The van der Waals surface area contributed by atoms with Gasteiger partial charge in [0.25, 0.3) is 0 Å². The van der Waals surface area contributed by atoms with Crippen molar-refractivity contribution >= 4 is 0 Å². The summed E-state index contributed by atoms with van der Waals surface area (Å²) in [7, 11) is 0. The van der Waals surface area contributed by atoms with Crippen LogP contribution in [0.4, 0.5) is 8.78 Å². The molecule has 1 aromatic carbocycles. The van der Waals surface area contributed by atoms with Crippen LogP contribution in [0.5, 0.6) is 11.5 Å². The van der Waals surface area contributed by atoms with Gasteiger partial charge >= 0.3 is 0 Å². The SMILES string of the molecule is Oc1ccc(F)c(F)c1O. The van der Waals surface area contributed by atoms with Gasteiger partial charge in [0, 0.05) is 0 Å². The molecule has 2 nitrogen and oxygen atoms in total. The third kappa shape index (κ3) is 0.877. The molecule has 0 radical (unpaired) electrons. The summed E-state index contributed by atoms with van der Waals surface area (Å²) < 4.78 is 24.3. The second-order valence-corrected chi connectivity index (χ2v) is 1.73. The van der Waals surface area contributed by atoms with Crippen molar-refractivity contribution in [3.63, 3.8) is 0 Å². The van der Waals surface area contributed by atoms with Crippen LogP contribution in [0.15, 0.2) is 12.1 Å². The lowest BCUT2D eigenvalue weighted by molar-refractivity contribution is 0.364. The molecule has 2 N–H and O–H groups in total. The average molecular weight is 146 g/mol. The molecular weight excluding hydrogens is 142 g/mol. The maximum absolute atomic E-state index is 12.2. The summed E-state index contributed by atoms with van der Waals surface area (Å²) in [5.74, 6) is -4.34. The van der Waals surface area contributed by atoms with Gasteiger partial charge in [0.05, 0.1) is 0 Å². The summed E-state index contributed by atoms with van der Waals surface area (Å²) >= 11 is 0. The topological polar surface area (TPSA) is 40.5 Å². The van der Waals surface area contributed by atoms with Crippen molar-refractivity contribution in [2.45, 2.75) is 0 Å². The summed E-state index contributed by atoms with van der Waals surface area (Å²) in [6.07, 6.45) is 0. The van der Waals surface area contributed by atoms with E-state index in [1.165, 1.54) is 0 Å². The first-order chi connectivity index (χ1) is 4.63. The Hall–Kier alpha value is -1.32. The van der Waals surface area contributed by atoms with Crippen molar-refractivity contribution in [3.05, 3.63) is 23.8 Å². The van der Waals surface area contributed by atoms with Gasteiger partial charge in [-0.05, 0) is 12.1 Å². The molecule has 0 unspecified atom stereocenters. The Labute approximate surface area is 55.4 Å². The van der Waals surface area contributed by atoms with Gasteiger partial charge < -0.3 is 10.2 Å². The fourth-order valence-electron chi connectivity index (χ4n) is 0.530. The minimum atomic E-state index is -1.43. The monoisotopic (exact) mass is 146 g/mol. The van der Waals surface area contributed by atoms with Crippen molar-refractivity contribution in [2.75, 3.05) is 0 Å². The smallest absolute Gasteiger partial charge is 0.204 e. The normalized spacial score (nSPS) is 9.80. The zero-order chi connectivity index (χ0) is 7.72. The molecule has 4 heteroatoms. The van der Waals surface area contributed by atoms with Crippen LogP contribution >= 0.6 is 0 Å². The Balaban J connectivity index is 3.34. The molecule has 0 spiro atoms. The molecule has 1 aromatic rings. The van der Waals surface area contributed by atoms with Crippen LogP contribution < -0.4 is 0 Å². The Morgan fingerprint density at radius 3 is 2.20 bits per heavy atom. The van der Waals surface area contributed by atoms with Crippen molar-refractivity contribution < 1.29 is 19.0 Å². The van der Waals surface area contributed by atoms with Crippen LogP contribution in [0, 0.1) is 11.6 Å². The molecule has 0 aliphatic carbocycles. The minimum Gasteiger partial charge on any atom is -0.504 e. The number of hydrogen-bond acceptors (Lipinski definition) is 2. The molecule has 0 heterocycles. The van der Waals surface area contributed by atoms with E-state index in [9.17, 15) is 8.78 Å². The molecule has 0 aromatic heterocycles. The molecule has 0 amide bonds. The Kier molecular flexibility index (Phi) is 1.45. The highest BCUT2D eigenvalue weighted by Gasteiger charge is 2.10. The summed E-state index contributed by atoms with van der Waals surface area (Å²) in [6.45, 7) is 0. The van der Waals surface area contributed by atoms with E-state index in [0.29, 0.717) is 0 Å². The zero-order valence-electron chi connectivity index (χ0n) is 4.81. The van der Waals surface area contributed by atoms with E-state index in [0.717, 1.165) is 12.1 Å². The molecule has 0 saturated carbocycles. The number of aromatic hydroxyl groups is 2. The first kappa shape index (κ1) is 6.80. The van der Waals surface area contributed by atoms with Crippen LogP contribution in [0.1, 0.15) is 0 Å². The van der Waals surface area contributed by atoms with E-state index in [1.54, 1.807) is 0 Å². The number of halogens is 2. The van der Waals surface area contributed by atoms with Crippen LogP contribution in [-0.4, -0.2) is 10.2 Å². The fraction of sp³-hybridized carbons (Fsp3) is 0. The van der Waals surface area contributed by atoms with Gasteiger partial charge in [0.15, 0.2) is 17.3 Å². The lowest BCUT2D eigenvalue weighted by Crippen LogP contribution is -1.82. The second-order valence-electron chi connectivity index (χ2n) is 1.73. The van der Waals surface area contributed by atoms with E-state index >= 15 is 0 Å². The van der Waals surface area contributed by atoms with Crippen LogP contribution in [-0.2, 0) is 0 Å². The van der Waals surface area contributed by atoms with Gasteiger partial charge in [-0.25, -0.2) is 4.39 Å². The molecule has 0 bridgehead atoms. The van der Waals surface area contributed by atoms with E-state index in [-0.39, 0.29) is 0 Å². The van der Waals surface area contributed by atoms with Crippen molar-refractivity contribution in [1.82, 2.24) is 0 Å². The zero-order valence-corrected chi connectivity index (χ0v) is 4.81. The van der Waals surface area contributed by atoms with E-state index in [2.05, 4.69) is 0 Å². The maximum Gasteiger partial charge on any atom is 0.204 e. The molecule has 0 saturated heterocycles. The van der Waals surface area contributed by atoms with Gasteiger partial charge in [-0.2, -0.15) is 4.39 Å². The third-order valence-corrected chi connectivity index (χ3v) is 1.05. The van der Waals surface area contributed by atoms with Crippen molar-refractivity contribution in [1.29, 1.82) is 0 Å². The molecule has 0 aliphatic rings. The molecular formula is C6H4F2O2. The van der Waals surface area contributed by atoms with Crippen LogP contribution in [0.25, 0.3) is 0 Å². The van der Waals surface area contributed by atoms with Gasteiger partial charge in [0.1, 0.15) is 0 Å². The Bertz CT molecular complexity index is 233. The molecule has 10 heavy (non-hydrogen) atoms. The first-order valence-corrected chi connectivity index (χ1v) is 2.49. The fourth-order valence-corrected chi connectivity index (χ4v) is 0.530. The van der Waals surface area contributed by atoms with Gasteiger partial charge in [-0.1, -0.05) is 0 Å². The number of rotatable bonds is 0. The summed E-state index contributed by atoms with van der Waals surface area (Å²) in [5, 5.41) is 17.1. The minimum absolute atomic E-state index is 0.668. The number of phenolic OH excluding ortho intramolecular Hbond substituents is 2. The lowest BCUT2D eigenvalue weighted by atomic mass is 10.3. The summed E-state index contributed by atoms with van der Waals surface area (Å²) in [4.78, 5) is 0. The van der Waals surface area contributed by atoms with E-state index in [1.807, 2.05) is 0 Å². The molecule has 0 atom stereocenters. The molecule has 54 valence electrons. The summed E-state index contributed by atoms with van der Waals surface area (Å²) in [5.41, 5.74) is 0. The van der Waals surface area contributed by atoms with Crippen LogP contribution in [0.3, 0.4) is 0 Å². The van der Waals surface area contributed by atoms with E-state index in [4.69, 9.17) is 10.2 Å². The highest BCUT2D eigenvalue weighted by molar-refractivity contribution is 5.38. The van der Waals surface area contributed by atoms with Crippen LogP contribution in [0.2, 0.25) is 0 Å². The third-order valence-electron chi connectivity index (χ3n) is 1.05. The second kappa shape index (κ2) is 2.13. The lowest BCUT2D eigenvalue weighted by Gasteiger charge is -1.97. The van der Waals surface area contributed by atoms with Crippen molar-refractivity contribution in [3.8, 4) is 11.5 Å². The highest BCUT2D eigenvalue weighted by atomic mass is 19.2. The van der Waals surface area contributed by atoms with Gasteiger partial charge in [-0.3, -0.25) is 0 Å². The molecule has 1 rings (SSSR count). The largest absolute Gasteiger partial charge is 0.504 e. The summed E-state index contributed by atoms with van der Waals surface area (Å²) in [6, 6.07) is 1.60. The number of hydrogen-bond donors (Lipinski definition) is 2. The standard InChI is InChI=1S/C6H4F2O2/c7-3-1-2-4(9)6(10)5(3)8/h1-2,9-10H. The Morgan fingerprint density at radius 2 is 1.70 bits per heavy atom. The molecule has 0 fully saturated rings. The average Bonchev–Trinajstić information content (AvgIpc) is 1.93. The van der Waals surface area contributed by atoms with Gasteiger partial charge in [-0.15, -0.1) is 0 Å². The highest BCUT2D eigenvalue weighted by Crippen LogP contribution is 2.28. The quantitative estimate of drug-likeness (QED) is 0.543. The number of benzene rings is 1. The Morgan fingerprint density at radius 1 is 1.10 bits per heavy atom. The first-order valence-electron chi connectivity index (χ1n) is 2.49. The van der Waals surface area contributed by atoms with E-state index < -0.39 is 23.1 Å².